The molecule has 2 unspecified atom stereocenters. The van der Waals surface area contributed by atoms with E-state index in [0.717, 1.165) is 37.0 Å². The summed E-state index contributed by atoms with van der Waals surface area (Å²) in [6.45, 7) is 5.58. The van der Waals surface area contributed by atoms with E-state index in [1.807, 2.05) is 29.2 Å². The standard InChI is InChI=1S/C21H32N2O3/c1-4-6-14-22-21(25)17-12-13-19(24)23(15-7-5-2)20(17)16-10-8-9-11-18(16)26-3/h8-11,17,20H,4-7,12-15H2,1-3H3,(H,22,25). The van der Waals surface area contributed by atoms with Gasteiger partial charge in [-0.25, -0.2) is 0 Å². The maximum atomic E-state index is 12.9. The van der Waals surface area contributed by atoms with Crippen LogP contribution in [-0.2, 0) is 9.59 Å². The van der Waals surface area contributed by atoms with Gasteiger partial charge >= 0.3 is 0 Å². The molecule has 1 aliphatic rings. The number of nitrogens with one attached hydrogen (secondary N) is 1. The molecule has 1 heterocycles. The number of carbonyl (C=O) groups excluding carboxylic acids is 2. The monoisotopic (exact) mass is 360 g/mol. The largest absolute Gasteiger partial charge is 0.496 e. The highest BCUT2D eigenvalue weighted by Gasteiger charge is 2.41. The minimum Gasteiger partial charge on any atom is -0.496 e. The van der Waals surface area contributed by atoms with Gasteiger partial charge in [-0.1, -0.05) is 44.9 Å². The number of benzene rings is 1. The van der Waals surface area contributed by atoms with Crippen LogP contribution in [0.25, 0.3) is 0 Å². The number of hydrogen-bond donors (Lipinski definition) is 1. The Balaban J connectivity index is 2.35. The molecule has 5 heteroatoms. The molecule has 0 radical (unpaired) electrons. The van der Waals surface area contributed by atoms with Crippen LogP contribution < -0.4 is 10.1 Å². The normalized spacial score (nSPS) is 20.1. The number of piperidine rings is 1. The van der Waals surface area contributed by atoms with Gasteiger partial charge in [0.1, 0.15) is 5.75 Å². The van der Waals surface area contributed by atoms with Crippen molar-refractivity contribution < 1.29 is 14.3 Å². The highest BCUT2D eigenvalue weighted by molar-refractivity contribution is 5.85. The van der Waals surface area contributed by atoms with E-state index in [1.54, 1.807) is 7.11 Å². The molecule has 144 valence electrons. The molecule has 2 rings (SSSR count). The van der Waals surface area contributed by atoms with E-state index in [0.29, 0.717) is 25.9 Å². The minimum atomic E-state index is -0.263. The lowest BCUT2D eigenvalue weighted by Gasteiger charge is -2.41. The van der Waals surface area contributed by atoms with E-state index in [-0.39, 0.29) is 23.8 Å². The van der Waals surface area contributed by atoms with Gasteiger partial charge < -0.3 is 15.0 Å². The number of para-hydroxylation sites is 1. The molecule has 1 aromatic carbocycles. The predicted octanol–water partition coefficient (Wildman–Crippen LogP) is 3.69. The van der Waals surface area contributed by atoms with Crippen molar-refractivity contribution in [3.8, 4) is 5.75 Å². The maximum absolute atomic E-state index is 12.9. The predicted molar refractivity (Wildman–Crippen MR) is 103 cm³/mol. The van der Waals surface area contributed by atoms with Crippen molar-refractivity contribution in [3.05, 3.63) is 29.8 Å². The highest BCUT2D eigenvalue weighted by Crippen LogP contribution is 2.40. The Morgan fingerprint density at radius 1 is 1.23 bits per heavy atom. The molecule has 1 aliphatic heterocycles. The number of carbonyl (C=O) groups is 2. The fourth-order valence-corrected chi connectivity index (χ4v) is 3.63. The maximum Gasteiger partial charge on any atom is 0.225 e. The van der Waals surface area contributed by atoms with Gasteiger partial charge in [-0.3, -0.25) is 9.59 Å². The Morgan fingerprint density at radius 3 is 2.65 bits per heavy atom. The van der Waals surface area contributed by atoms with Gasteiger partial charge in [0.2, 0.25) is 11.8 Å². The summed E-state index contributed by atoms with van der Waals surface area (Å²) in [6, 6.07) is 7.48. The average molecular weight is 360 g/mol. The molecule has 1 N–H and O–H groups in total. The number of amides is 2. The summed E-state index contributed by atoms with van der Waals surface area (Å²) >= 11 is 0. The van der Waals surface area contributed by atoms with E-state index >= 15 is 0 Å². The van der Waals surface area contributed by atoms with Crippen LogP contribution >= 0.6 is 0 Å². The quantitative estimate of drug-likeness (QED) is 0.683. The molecule has 0 aromatic heterocycles. The van der Waals surface area contributed by atoms with Crippen LogP contribution in [0.2, 0.25) is 0 Å². The van der Waals surface area contributed by atoms with Crippen LogP contribution in [0.5, 0.6) is 5.75 Å². The zero-order chi connectivity index (χ0) is 18.9. The summed E-state index contributed by atoms with van der Waals surface area (Å²) in [5.74, 6) is 0.674. The molecule has 0 spiro atoms. The van der Waals surface area contributed by atoms with Crippen molar-refractivity contribution in [1.29, 1.82) is 0 Å². The number of hydrogen-bond acceptors (Lipinski definition) is 3. The lowest BCUT2D eigenvalue weighted by Crippen LogP contribution is -2.48. The third-order valence-corrected chi connectivity index (χ3v) is 5.08. The molecule has 2 atom stereocenters. The summed E-state index contributed by atoms with van der Waals surface area (Å²) in [4.78, 5) is 27.5. The molecule has 26 heavy (non-hydrogen) atoms. The van der Waals surface area contributed by atoms with E-state index in [1.165, 1.54) is 0 Å². The highest BCUT2D eigenvalue weighted by atomic mass is 16.5. The smallest absolute Gasteiger partial charge is 0.225 e. The van der Waals surface area contributed by atoms with Gasteiger partial charge in [-0.15, -0.1) is 0 Å². The number of rotatable bonds is 9. The number of likely N-dealkylation sites (tertiary alicyclic amines) is 1. The Kier molecular flexibility index (Phi) is 7.95. The fraction of sp³-hybridized carbons (Fsp3) is 0.619. The van der Waals surface area contributed by atoms with Crippen molar-refractivity contribution in [2.75, 3.05) is 20.2 Å². The lowest BCUT2D eigenvalue weighted by molar-refractivity contribution is -0.143. The first-order valence-electron chi connectivity index (χ1n) is 9.84. The second-order valence-electron chi connectivity index (χ2n) is 6.92. The topological polar surface area (TPSA) is 58.6 Å². The van der Waals surface area contributed by atoms with E-state index < -0.39 is 0 Å². The third-order valence-electron chi connectivity index (χ3n) is 5.08. The molecule has 1 saturated heterocycles. The Labute approximate surface area is 157 Å². The molecule has 1 aromatic rings. The molecule has 0 bridgehead atoms. The van der Waals surface area contributed by atoms with Crippen LogP contribution in [0.3, 0.4) is 0 Å². The Bertz CT molecular complexity index is 603. The molecule has 0 aliphatic carbocycles. The molecule has 0 saturated carbocycles. The first-order chi connectivity index (χ1) is 12.6. The number of methoxy groups -OCH3 is 1. The van der Waals surface area contributed by atoms with Crippen molar-refractivity contribution in [1.82, 2.24) is 10.2 Å². The zero-order valence-corrected chi connectivity index (χ0v) is 16.3. The first-order valence-corrected chi connectivity index (χ1v) is 9.84. The minimum absolute atomic E-state index is 0.0448. The van der Waals surface area contributed by atoms with Crippen LogP contribution in [0.15, 0.2) is 24.3 Å². The van der Waals surface area contributed by atoms with Gasteiger partial charge in [0, 0.05) is 25.1 Å². The van der Waals surface area contributed by atoms with E-state index in [4.69, 9.17) is 4.74 Å². The summed E-state index contributed by atoms with van der Waals surface area (Å²) in [6.07, 6.45) is 4.97. The Morgan fingerprint density at radius 2 is 1.96 bits per heavy atom. The van der Waals surface area contributed by atoms with Crippen LogP contribution in [-0.4, -0.2) is 36.9 Å². The van der Waals surface area contributed by atoms with Gasteiger partial charge in [0.25, 0.3) is 0 Å². The second-order valence-corrected chi connectivity index (χ2v) is 6.92. The van der Waals surface area contributed by atoms with Crippen molar-refractivity contribution >= 4 is 11.8 Å². The molecular weight excluding hydrogens is 328 g/mol. The van der Waals surface area contributed by atoms with Gasteiger partial charge in [0.05, 0.1) is 19.1 Å². The van der Waals surface area contributed by atoms with Crippen LogP contribution in [0.4, 0.5) is 0 Å². The molecule has 1 fully saturated rings. The van der Waals surface area contributed by atoms with Gasteiger partial charge in [0.15, 0.2) is 0 Å². The number of ether oxygens (including phenoxy) is 1. The second kappa shape index (κ2) is 10.2. The van der Waals surface area contributed by atoms with Crippen molar-refractivity contribution in [2.24, 2.45) is 5.92 Å². The number of unbranched alkanes of at least 4 members (excludes halogenated alkanes) is 2. The van der Waals surface area contributed by atoms with Crippen molar-refractivity contribution in [3.63, 3.8) is 0 Å². The first kappa shape index (κ1) is 20.3. The lowest BCUT2D eigenvalue weighted by atomic mass is 9.83. The fourth-order valence-electron chi connectivity index (χ4n) is 3.63. The SMILES string of the molecule is CCCCNC(=O)C1CCC(=O)N(CCCC)C1c1ccccc1OC. The zero-order valence-electron chi connectivity index (χ0n) is 16.3. The van der Waals surface area contributed by atoms with Gasteiger partial charge in [-0.2, -0.15) is 0 Å². The summed E-state index contributed by atoms with van der Waals surface area (Å²) in [5, 5.41) is 3.06. The summed E-state index contributed by atoms with van der Waals surface area (Å²) in [5.41, 5.74) is 0.926. The van der Waals surface area contributed by atoms with Crippen LogP contribution in [0, 0.1) is 5.92 Å². The van der Waals surface area contributed by atoms with E-state index in [9.17, 15) is 9.59 Å². The summed E-state index contributed by atoms with van der Waals surface area (Å²) < 4.78 is 5.54. The van der Waals surface area contributed by atoms with Gasteiger partial charge in [-0.05, 0) is 25.3 Å². The number of nitrogens with zero attached hydrogens (tertiary/aromatic N) is 1. The van der Waals surface area contributed by atoms with E-state index in [2.05, 4.69) is 19.2 Å². The Hall–Kier alpha value is -2.04. The molecular formula is C21H32N2O3. The van der Waals surface area contributed by atoms with Crippen LogP contribution in [0.1, 0.15) is 64.0 Å². The van der Waals surface area contributed by atoms with Crippen molar-refractivity contribution in [2.45, 2.75) is 58.4 Å². The summed E-state index contributed by atoms with van der Waals surface area (Å²) in [7, 11) is 1.64. The average Bonchev–Trinajstić information content (AvgIpc) is 2.66. The molecule has 5 nitrogen and oxygen atoms in total. The molecule has 2 amide bonds. The third kappa shape index (κ3) is 4.77.